The Hall–Kier alpha value is -3.27. The van der Waals surface area contributed by atoms with Gasteiger partial charge in [0.15, 0.2) is 11.5 Å². The van der Waals surface area contributed by atoms with Crippen LogP contribution in [0.4, 0.5) is 5.69 Å². The van der Waals surface area contributed by atoms with Crippen LogP contribution in [0.3, 0.4) is 0 Å². The lowest BCUT2D eigenvalue weighted by Crippen LogP contribution is -2.54. The zero-order chi connectivity index (χ0) is 27.0. The van der Waals surface area contributed by atoms with Crippen LogP contribution in [-0.2, 0) is 26.0 Å². The van der Waals surface area contributed by atoms with Crippen molar-refractivity contribution in [2.45, 2.75) is 52.1 Å². The van der Waals surface area contributed by atoms with Crippen LogP contribution in [0.15, 0.2) is 48.5 Å². The van der Waals surface area contributed by atoms with Crippen LogP contribution < -0.4 is 19.1 Å². The number of anilines is 1. The molecule has 0 aromatic heterocycles. The van der Waals surface area contributed by atoms with Crippen molar-refractivity contribution in [3.63, 3.8) is 0 Å². The number of carbonyl (C=O) groups is 2. The first-order chi connectivity index (χ1) is 17.6. The van der Waals surface area contributed by atoms with Crippen molar-refractivity contribution < 1.29 is 27.5 Å². The maximum atomic E-state index is 13.7. The highest BCUT2D eigenvalue weighted by atomic mass is 32.2. The fourth-order valence-corrected chi connectivity index (χ4v) is 4.98. The van der Waals surface area contributed by atoms with Crippen LogP contribution in [-0.4, -0.2) is 69.8 Å². The predicted octanol–water partition coefficient (Wildman–Crippen LogP) is 2.99. The third kappa shape index (κ3) is 7.61. The highest BCUT2D eigenvalue weighted by Gasteiger charge is 2.32. The van der Waals surface area contributed by atoms with Crippen LogP contribution in [0.5, 0.6) is 11.5 Å². The summed E-state index contributed by atoms with van der Waals surface area (Å²) in [5.41, 5.74) is 1.31. The molecule has 9 nitrogen and oxygen atoms in total. The van der Waals surface area contributed by atoms with E-state index in [2.05, 4.69) is 5.32 Å². The molecule has 1 N–H and O–H groups in total. The Bertz CT molecular complexity index is 1170. The van der Waals surface area contributed by atoms with Gasteiger partial charge in [0.05, 0.1) is 11.9 Å². The van der Waals surface area contributed by atoms with Crippen molar-refractivity contribution in [3.8, 4) is 11.5 Å². The highest BCUT2D eigenvalue weighted by Crippen LogP contribution is 2.34. The number of nitrogens with one attached hydrogen (secondary N) is 1. The van der Waals surface area contributed by atoms with E-state index in [1.54, 1.807) is 18.2 Å². The van der Waals surface area contributed by atoms with Gasteiger partial charge in [-0.15, -0.1) is 0 Å². The van der Waals surface area contributed by atoms with Gasteiger partial charge >= 0.3 is 0 Å². The molecular formula is C27H37N3O6S. The Morgan fingerprint density at radius 3 is 2.30 bits per heavy atom. The average Bonchev–Trinajstić information content (AvgIpc) is 2.88. The first-order valence-corrected chi connectivity index (χ1v) is 14.5. The van der Waals surface area contributed by atoms with Gasteiger partial charge in [-0.2, -0.15) is 0 Å². The van der Waals surface area contributed by atoms with Crippen LogP contribution in [0.1, 0.15) is 39.2 Å². The van der Waals surface area contributed by atoms with Gasteiger partial charge in [-0.05, 0) is 43.9 Å². The third-order valence-corrected chi connectivity index (χ3v) is 7.50. The lowest BCUT2D eigenvalue weighted by Gasteiger charge is -2.33. The molecule has 0 unspecified atom stereocenters. The number of hydrogen-bond acceptors (Lipinski definition) is 6. The average molecular weight is 532 g/mol. The predicted molar refractivity (Wildman–Crippen MR) is 143 cm³/mol. The summed E-state index contributed by atoms with van der Waals surface area (Å²) in [5, 5.41) is 2.97. The molecule has 3 rings (SSSR count). The van der Waals surface area contributed by atoms with Gasteiger partial charge < -0.3 is 19.7 Å². The molecule has 2 amide bonds. The Labute approximate surface area is 219 Å². The smallest absolute Gasteiger partial charge is 0.244 e. The van der Waals surface area contributed by atoms with Gasteiger partial charge in [0.1, 0.15) is 25.8 Å². The molecule has 0 saturated heterocycles. The summed E-state index contributed by atoms with van der Waals surface area (Å²) in [7, 11) is -3.83. The topological polar surface area (TPSA) is 105 Å². The number of hydrogen-bond donors (Lipinski definition) is 1. The van der Waals surface area contributed by atoms with E-state index in [1.807, 2.05) is 51.1 Å². The molecule has 1 aliphatic rings. The second-order valence-corrected chi connectivity index (χ2v) is 11.1. The molecule has 2 aromatic carbocycles. The number of benzene rings is 2. The van der Waals surface area contributed by atoms with E-state index >= 15 is 0 Å². The molecule has 0 radical (unpaired) electrons. The van der Waals surface area contributed by atoms with Crippen LogP contribution in [0, 0.1) is 0 Å². The number of amides is 2. The second-order valence-electron chi connectivity index (χ2n) is 9.16. The minimum atomic E-state index is -3.83. The summed E-state index contributed by atoms with van der Waals surface area (Å²) in [6.45, 7) is 6.32. The zero-order valence-electron chi connectivity index (χ0n) is 22.0. The van der Waals surface area contributed by atoms with E-state index in [0.717, 1.165) is 22.5 Å². The molecule has 1 aliphatic heterocycles. The number of ether oxygens (including phenoxy) is 2. The molecule has 202 valence electrons. The minimum absolute atomic E-state index is 0.0437. The maximum absolute atomic E-state index is 13.7. The van der Waals surface area contributed by atoms with E-state index in [1.165, 1.54) is 4.90 Å². The summed E-state index contributed by atoms with van der Waals surface area (Å²) in [5.74, 6) is 0.239. The van der Waals surface area contributed by atoms with Gasteiger partial charge in [-0.3, -0.25) is 13.9 Å². The minimum Gasteiger partial charge on any atom is -0.486 e. The molecule has 0 aliphatic carbocycles. The number of carbonyl (C=O) groups excluding carboxylic acids is 2. The lowest BCUT2D eigenvalue weighted by atomic mass is 10.1. The number of fused-ring (bicyclic) bond motifs is 1. The molecule has 0 spiro atoms. The summed E-state index contributed by atoms with van der Waals surface area (Å²) >= 11 is 0. The molecule has 37 heavy (non-hydrogen) atoms. The molecule has 2 atom stereocenters. The van der Waals surface area contributed by atoms with Crippen LogP contribution in [0.25, 0.3) is 0 Å². The fraction of sp³-hybridized carbons (Fsp3) is 0.481. The molecule has 2 aromatic rings. The second kappa shape index (κ2) is 12.8. The first-order valence-electron chi connectivity index (χ1n) is 12.6. The van der Waals surface area contributed by atoms with Gasteiger partial charge in [-0.25, -0.2) is 8.42 Å². The fourth-order valence-electron chi connectivity index (χ4n) is 4.14. The first kappa shape index (κ1) is 28.3. The van der Waals surface area contributed by atoms with Crippen molar-refractivity contribution >= 4 is 27.5 Å². The monoisotopic (exact) mass is 531 g/mol. The number of nitrogens with zero attached hydrogens (tertiary/aromatic N) is 2. The normalized spacial score (nSPS) is 14.4. The molecule has 0 bridgehead atoms. The zero-order valence-corrected chi connectivity index (χ0v) is 22.8. The van der Waals surface area contributed by atoms with E-state index in [0.29, 0.717) is 43.2 Å². The Morgan fingerprint density at radius 2 is 1.68 bits per heavy atom. The Morgan fingerprint density at radius 1 is 1.00 bits per heavy atom. The molecular weight excluding hydrogens is 494 g/mol. The molecule has 10 heteroatoms. The van der Waals surface area contributed by atoms with Crippen LogP contribution >= 0.6 is 0 Å². The van der Waals surface area contributed by atoms with Crippen molar-refractivity contribution in [2.75, 3.05) is 36.9 Å². The summed E-state index contributed by atoms with van der Waals surface area (Å²) < 4.78 is 37.8. The maximum Gasteiger partial charge on any atom is 0.244 e. The van der Waals surface area contributed by atoms with Gasteiger partial charge in [0.25, 0.3) is 0 Å². The quantitative estimate of drug-likeness (QED) is 0.452. The van der Waals surface area contributed by atoms with E-state index in [-0.39, 0.29) is 18.5 Å². The van der Waals surface area contributed by atoms with E-state index < -0.39 is 28.5 Å². The van der Waals surface area contributed by atoms with Crippen LogP contribution in [0.2, 0.25) is 0 Å². The van der Waals surface area contributed by atoms with Crippen molar-refractivity contribution in [3.05, 3.63) is 54.1 Å². The SMILES string of the molecule is CC[C@H](C(=O)N[C@@H](C)CC)N(CCc1ccccc1)C(=O)CN(c1ccc2c(c1)OCCO2)S(C)(=O)=O. The van der Waals surface area contributed by atoms with Crippen molar-refractivity contribution in [1.29, 1.82) is 0 Å². The largest absolute Gasteiger partial charge is 0.486 e. The standard InChI is InChI=1S/C27H37N3O6S/c1-5-20(3)28-27(32)23(6-2)29(15-14-21-10-8-7-9-11-21)26(31)19-30(37(4,33)34)22-12-13-24-25(18-22)36-17-16-35-24/h7-13,18,20,23H,5-6,14-17,19H2,1-4H3,(H,28,32)/t20-,23+/m0/s1. The van der Waals surface area contributed by atoms with Gasteiger partial charge in [-0.1, -0.05) is 44.2 Å². The van der Waals surface area contributed by atoms with Crippen molar-refractivity contribution in [2.24, 2.45) is 0 Å². The van der Waals surface area contributed by atoms with E-state index in [4.69, 9.17) is 9.47 Å². The summed E-state index contributed by atoms with van der Waals surface area (Å²) in [6, 6.07) is 13.7. The molecule has 1 heterocycles. The molecule has 0 fully saturated rings. The highest BCUT2D eigenvalue weighted by molar-refractivity contribution is 7.92. The Kier molecular flexibility index (Phi) is 9.79. The number of sulfonamides is 1. The summed E-state index contributed by atoms with van der Waals surface area (Å²) in [4.78, 5) is 28.4. The Balaban J connectivity index is 1.89. The summed E-state index contributed by atoms with van der Waals surface area (Å²) in [6.07, 6.45) is 2.73. The lowest BCUT2D eigenvalue weighted by molar-refractivity contribution is -0.139. The number of rotatable bonds is 12. The van der Waals surface area contributed by atoms with Gasteiger partial charge in [0.2, 0.25) is 21.8 Å². The van der Waals surface area contributed by atoms with Crippen molar-refractivity contribution in [1.82, 2.24) is 10.2 Å². The third-order valence-electron chi connectivity index (χ3n) is 6.36. The van der Waals surface area contributed by atoms with E-state index in [9.17, 15) is 18.0 Å². The molecule has 0 saturated carbocycles. The van der Waals surface area contributed by atoms with Gasteiger partial charge in [0, 0.05) is 18.7 Å².